The largest absolute Gasteiger partial charge is 0.443 e. The van der Waals surface area contributed by atoms with E-state index in [0.29, 0.717) is 11.0 Å². The SMILES string of the molecule is CCCCCCCCCCCCCCCCCCCCCCc1ccc2c(c1)N=c1c(c3c(n1C(=O)OC(C)(C)C)=Nc1cc(CCCCCCCCCCCCCCCCCCCCCC)ccc1S3)S2. The quantitative estimate of drug-likeness (QED) is 0.0366. The molecule has 0 N–H and O–H groups in total. The fourth-order valence-electron chi connectivity index (χ4n) is 10.8. The number of benzene rings is 2. The molecule has 2 aromatic carbocycles. The molecule has 0 spiro atoms. The van der Waals surface area contributed by atoms with Gasteiger partial charge in [-0.3, -0.25) is 0 Å². The highest BCUT2D eigenvalue weighted by Gasteiger charge is 2.31. The molecule has 0 aliphatic carbocycles. The van der Waals surface area contributed by atoms with Crippen molar-refractivity contribution in [2.24, 2.45) is 9.98 Å². The number of carbonyl (C=O) groups is 1. The van der Waals surface area contributed by atoms with Crippen LogP contribution in [0.2, 0.25) is 0 Å². The zero-order valence-electron chi connectivity index (χ0n) is 47.1. The number of unbranched alkanes of at least 4 members (excludes halogenated alkanes) is 38. The molecular formula is C65H105N3O2S2. The van der Waals surface area contributed by atoms with Crippen molar-refractivity contribution in [2.75, 3.05) is 0 Å². The molecule has 72 heavy (non-hydrogen) atoms. The molecule has 2 aliphatic rings. The molecule has 0 saturated heterocycles. The summed E-state index contributed by atoms with van der Waals surface area (Å²) in [5.74, 6) is 0. The predicted octanol–water partition coefficient (Wildman–Crippen LogP) is 21.8. The smallest absolute Gasteiger partial charge is 0.422 e. The Bertz CT molecular complexity index is 1940. The first kappa shape index (κ1) is 60.4. The van der Waals surface area contributed by atoms with Crippen LogP contribution in [-0.4, -0.2) is 16.3 Å². The van der Waals surface area contributed by atoms with Crippen molar-refractivity contribution in [1.82, 2.24) is 4.57 Å². The number of carbonyl (C=O) groups excluding carboxylic acids is 1. The van der Waals surface area contributed by atoms with Gasteiger partial charge in [0.2, 0.25) is 0 Å². The number of aromatic nitrogens is 1. The normalized spacial score (nSPS) is 12.8. The molecule has 3 aromatic rings. The van der Waals surface area contributed by atoms with Crippen LogP contribution in [0.25, 0.3) is 0 Å². The molecule has 0 saturated carbocycles. The molecule has 0 fully saturated rings. The minimum Gasteiger partial charge on any atom is -0.443 e. The van der Waals surface area contributed by atoms with Crippen LogP contribution < -0.4 is 11.0 Å². The Morgan fingerprint density at radius 2 is 0.681 bits per heavy atom. The number of ether oxygens (including phenoxy) is 1. The van der Waals surface area contributed by atoms with Crippen LogP contribution in [0, 0.1) is 0 Å². The van der Waals surface area contributed by atoms with Gasteiger partial charge in [0.1, 0.15) is 5.60 Å². The van der Waals surface area contributed by atoms with Gasteiger partial charge in [0, 0.05) is 9.79 Å². The van der Waals surface area contributed by atoms with E-state index < -0.39 is 11.7 Å². The van der Waals surface area contributed by atoms with Crippen molar-refractivity contribution in [1.29, 1.82) is 0 Å². The maximum absolute atomic E-state index is 14.0. The van der Waals surface area contributed by atoms with E-state index in [9.17, 15) is 4.79 Å². The molecule has 0 atom stereocenters. The lowest BCUT2D eigenvalue weighted by molar-refractivity contribution is 0.0523. The van der Waals surface area contributed by atoms with Gasteiger partial charge in [-0.15, -0.1) is 0 Å². The average Bonchev–Trinajstić information content (AvgIpc) is 3.67. The van der Waals surface area contributed by atoms with Gasteiger partial charge in [-0.2, -0.15) is 0 Å². The highest BCUT2D eigenvalue weighted by molar-refractivity contribution is 8.02. The molecule has 0 unspecified atom stereocenters. The first-order chi connectivity index (χ1) is 35.3. The summed E-state index contributed by atoms with van der Waals surface area (Å²) in [7, 11) is 0. The number of fused-ring (bicyclic) bond motifs is 5. The van der Waals surface area contributed by atoms with Crippen molar-refractivity contribution in [2.45, 2.75) is 329 Å². The lowest BCUT2D eigenvalue weighted by Crippen LogP contribution is -2.39. The van der Waals surface area contributed by atoms with E-state index in [1.165, 1.54) is 268 Å². The summed E-state index contributed by atoms with van der Waals surface area (Å²) >= 11 is 3.44. The molecule has 3 heterocycles. The third kappa shape index (κ3) is 23.6. The average molecular weight is 1020 g/mol. The molecular weight excluding hydrogens is 919 g/mol. The van der Waals surface area contributed by atoms with Gasteiger partial charge in [0.05, 0.1) is 21.2 Å². The van der Waals surface area contributed by atoms with E-state index in [0.717, 1.165) is 43.8 Å². The first-order valence-electron chi connectivity index (χ1n) is 30.8. The Morgan fingerprint density at radius 1 is 0.417 bits per heavy atom. The molecule has 5 nitrogen and oxygen atoms in total. The standard InChI is InChI=1S/C65H105N3O2S2/c1-6-8-10-12-14-16-18-20-22-24-26-28-30-32-34-36-38-40-42-44-46-54-48-50-58-56(52-54)66-62-60(71-58)61-63(68(62)64(69)70-65(3,4)5)67-57-53-55(49-51-59(57)72-61)47-45-43-41-39-37-35-33-31-29-27-25-23-21-19-17-15-13-11-9-7-2/h48-53H,6-47H2,1-5H3. The second kappa shape index (κ2) is 36.5. The summed E-state index contributed by atoms with van der Waals surface area (Å²) in [5, 5.41) is 0. The second-order valence-electron chi connectivity index (χ2n) is 23.1. The van der Waals surface area contributed by atoms with Crippen LogP contribution in [0.3, 0.4) is 0 Å². The Kier molecular flexibility index (Phi) is 30.6. The minimum atomic E-state index is -0.640. The lowest BCUT2D eigenvalue weighted by Gasteiger charge is -2.20. The van der Waals surface area contributed by atoms with Crippen LogP contribution >= 0.6 is 23.5 Å². The summed E-state index contributed by atoms with van der Waals surface area (Å²) in [5.41, 5.74) is 5.19. The molecule has 2 aliphatic heterocycles. The number of hydrogen-bond acceptors (Lipinski definition) is 6. The molecule has 0 radical (unpaired) electrons. The zero-order chi connectivity index (χ0) is 50.9. The van der Waals surface area contributed by atoms with Gasteiger partial charge in [-0.1, -0.05) is 293 Å². The highest BCUT2D eigenvalue weighted by atomic mass is 32.2. The molecule has 1 aromatic heterocycles. The first-order valence-corrected chi connectivity index (χ1v) is 32.5. The van der Waals surface area contributed by atoms with Crippen LogP contribution in [0.5, 0.6) is 0 Å². The summed E-state index contributed by atoms with van der Waals surface area (Å²) in [6, 6.07) is 13.5. The minimum absolute atomic E-state index is 0.415. The van der Waals surface area contributed by atoms with Crippen molar-refractivity contribution >= 4 is 41.0 Å². The molecule has 0 bridgehead atoms. The van der Waals surface area contributed by atoms with Gasteiger partial charge in [-0.25, -0.2) is 19.3 Å². The van der Waals surface area contributed by atoms with Crippen LogP contribution in [-0.2, 0) is 17.6 Å². The fraction of sp³-hybridized carbons (Fsp3) is 0.738. The monoisotopic (exact) mass is 1020 g/mol. The van der Waals surface area contributed by atoms with Crippen LogP contribution in [0.1, 0.15) is 303 Å². The number of rotatable bonds is 42. The van der Waals surface area contributed by atoms with Gasteiger partial charge >= 0.3 is 6.09 Å². The predicted molar refractivity (Wildman–Crippen MR) is 312 cm³/mol. The maximum atomic E-state index is 14.0. The van der Waals surface area contributed by atoms with Crippen molar-refractivity contribution < 1.29 is 9.53 Å². The topological polar surface area (TPSA) is 56.0 Å². The summed E-state index contributed by atoms with van der Waals surface area (Å²) in [6.07, 6.45) is 57.8. The second-order valence-corrected chi connectivity index (χ2v) is 25.2. The summed E-state index contributed by atoms with van der Waals surface area (Å²) in [4.78, 5) is 28.7. The third-order valence-corrected chi connectivity index (χ3v) is 17.6. The molecule has 7 heteroatoms. The van der Waals surface area contributed by atoms with Crippen LogP contribution in [0.15, 0.2) is 66.0 Å². The summed E-state index contributed by atoms with van der Waals surface area (Å²) in [6.45, 7) is 10.4. The zero-order valence-corrected chi connectivity index (χ0v) is 48.8. The van der Waals surface area contributed by atoms with E-state index in [1.54, 1.807) is 28.1 Å². The van der Waals surface area contributed by atoms with E-state index >= 15 is 0 Å². The van der Waals surface area contributed by atoms with E-state index in [2.05, 4.69) is 50.2 Å². The highest BCUT2D eigenvalue weighted by Crippen LogP contribution is 2.46. The Hall–Kier alpha value is -2.51. The van der Waals surface area contributed by atoms with Gasteiger partial charge in [0.25, 0.3) is 0 Å². The Balaban J connectivity index is 0.995. The van der Waals surface area contributed by atoms with Gasteiger partial charge < -0.3 is 4.74 Å². The Labute approximate surface area is 450 Å². The molecule has 0 amide bonds. The summed E-state index contributed by atoms with van der Waals surface area (Å²) < 4.78 is 7.68. The van der Waals surface area contributed by atoms with Gasteiger partial charge in [0.15, 0.2) is 11.0 Å². The lowest BCUT2D eigenvalue weighted by atomic mass is 10.0. The van der Waals surface area contributed by atoms with Crippen molar-refractivity contribution in [3.8, 4) is 0 Å². The molecule has 404 valence electrons. The fourth-order valence-corrected chi connectivity index (χ4v) is 13.0. The van der Waals surface area contributed by atoms with E-state index in [4.69, 9.17) is 14.7 Å². The van der Waals surface area contributed by atoms with Crippen LogP contribution in [0.4, 0.5) is 16.2 Å². The number of hydrogen-bond donors (Lipinski definition) is 0. The number of nitrogens with zero attached hydrogens (tertiary/aromatic N) is 3. The van der Waals surface area contributed by atoms with Gasteiger partial charge in [-0.05, 0) is 81.8 Å². The van der Waals surface area contributed by atoms with Crippen molar-refractivity contribution in [3.05, 3.63) is 58.5 Å². The maximum Gasteiger partial charge on any atom is 0.422 e. The van der Waals surface area contributed by atoms with E-state index in [1.807, 2.05) is 20.8 Å². The van der Waals surface area contributed by atoms with E-state index in [-0.39, 0.29) is 0 Å². The Morgan fingerprint density at radius 3 is 0.944 bits per heavy atom. The number of aryl methyl sites for hydroxylation is 2. The third-order valence-electron chi connectivity index (χ3n) is 15.2. The molecule has 5 rings (SSSR count). The van der Waals surface area contributed by atoms with Crippen molar-refractivity contribution in [3.63, 3.8) is 0 Å².